The number of phenolic OH excluding ortho intramolecular Hbond substituents is 1. The number of hydrogen-bond donors (Lipinski definition) is 1. The molecule has 0 bridgehead atoms. The Kier molecular flexibility index (Phi) is 9.47. The van der Waals surface area contributed by atoms with Gasteiger partial charge in [0.05, 0.1) is 48.0 Å². The summed E-state index contributed by atoms with van der Waals surface area (Å²) >= 11 is 0. The van der Waals surface area contributed by atoms with Gasteiger partial charge in [0, 0.05) is 13.0 Å². The highest BCUT2D eigenvalue weighted by Crippen LogP contribution is 2.51. The van der Waals surface area contributed by atoms with E-state index in [1.807, 2.05) is 62.4 Å². The summed E-state index contributed by atoms with van der Waals surface area (Å²) in [7, 11) is 1.48. The van der Waals surface area contributed by atoms with Crippen LogP contribution < -0.4 is 4.90 Å². The molecule has 2 heterocycles. The number of amides is 2. The first-order valence-electron chi connectivity index (χ1n) is 16.1. The first-order chi connectivity index (χ1) is 23.6. The Morgan fingerprint density at radius 1 is 0.920 bits per heavy atom. The van der Waals surface area contributed by atoms with E-state index in [4.69, 9.17) is 9.47 Å². The summed E-state index contributed by atoms with van der Waals surface area (Å²) in [5, 5.41) is 10.3. The molecule has 2 amide bonds. The lowest BCUT2D eigenvalue weighted by molar-refractivity contribution is -0.143. The second-order valence-corrected chi connectivity index (χ2v) is 13.1. The minimum absolute atomic E-state index is 0.0323. The molecule has 3 aliphatic rings. The molecule has 1 N–H and O–H groups in total. The zero-order valence-electron chi connectivity index (χ0n) is 27.5. The number of aromatic hydroxyl groups is 1. The normalized spacial score (nSPS) is 22.7. The number of carbonyl (C=O) groups is 2. The number of phenols is 1. The van der Waals surface area contributed by atoms with Crippen molar-refractivity contribution in [1.82, 2.24) is 0 Å². The van der Waals surface area contributed by atoms with E-state index >= 15 is 0 Å². The number of rotatable bonds is 8. The van der Waals surface area contributed by atoms with Crippen LogP contribution in [0.1, 0.15) is 52.6 Å². The molecular formula is C38H35F6NO5. The van der Waals surface area contributed by atoms with Crippen molar-refractivity contribution in [3.63, 3.8) is 0 Å². The summed E-state index contributed by atoms with van der Waals surface area (Å²) in [5.74, 6) is -4.08. The van der Waals surface area contributed by atoms with E-state index in [9.17, 15) is 41.0 Å². The number of anilines is 1. The highest BCUT2D eigenvalue weighted by Gasteiger charge is 2.57. The van der Waals surface area contributed by atoms with Gasteiger partial charge in [0.2, 0.25) is 11.8 Å². The molecule has 0 radical (unpaired) electrons. The number of methoxy groups -OCH3 is 1. The van der Waals surface area contributed by atoms with Gasteiger partial charge in [-0.3, -0.25) is 9.59 Å². The summed E-state index contributed by atoms with van der Waals surface area (Å²) in [6.45, 7) is 3.82. The third-order valence-corrected chi connectivity index (χ3v) is 9.83. The molecular weight excluding hydrogens is 664 g/mol. The van der Waals surface area contributed by atoms with Crippen molar-refractivity contribution >= 4 is 29.2 Å². The molecule has 3 aromatic rings. The lowest BCUT2D eigenvalue weighted by atomic mass is 9.69. The number of imide groups is 1. The average Bonchev–Trinajstić information content (AvgIpc) is 3.59. The van der Waals surface area contributed by atoms with Crippen LogP contribution >= 0.6 is 0 Å². The van der Waals surface area contributed by atoms with Crippen LogP contribution in [0.5, 0.6) is 5.75 Å². The number of allylic oxidation sites excluding steroid dienone is 1. The van der Waals surface area contributed by atoms with E-state index in [0.717, 1.165) is 39.0 Å². The molecule has 264 valence electrons. The Morgan fingerprint density at radius 3 is 2.12 bits per heavy atom. The Labute approximate surface area is 285 Å². The fraction of sp³-hybridized carbons (Fsp3) is 0.368. The Balaban J connectivity index is 1.31. The summed E-state index contributed by atoms with van der Waals surface area (Å²) in [4.78, 5) is 28.1. The van der Waals surface area contributed by atoms with Crippen LogP contribution in [0.2, 0.25) is 0 Å². The molecule has 2 saturated heterocycles. The molecule has 12 heteroatoms. The minimum atomic E-state index is -5.14. The molecule has 0 spiro atoms. The Morgan fingerprint density at radius 2 is 1.54 bits per heavy atom. The lowest BCUT2D eigenvalue weighted by Crippen LogP contribution is -2.35. The van der Waals surface area contributed by atoms with Crippen molar-refractivity contribution in [2.24, 2.45) is 17.8 Å². The average molecular weight is 700 g/mol. The first kappa shape index (κ1) is 35.4. The van der Waals surface area contributed by atoms with E-state index in [2.05, 4.69) is 0 Å². The zero-order valence-corrected chi connectivity index (χ0v) is 27.5. The van der Waals surface area contributed by atoms with Crippen LogP contribution in [-0.2, 0) is 31.4 Å². The van der Waals surface area contributed by atoms with Gasteiger partial charge in [0.1, 0.15) is 5.75 Å². The number of hydrogen-bond acceptors (Lipinski definition) is 5. The number of aryl methyl sites for hydroxylation is 2. The maximum atomic E-state index is 13.9. The second kappa shape index (κ2) is 13.4. The summed E-state index contributed by atoms with van der Waals surface area (Å²) < 4.78 is 93.8. The van der Waals surface area contributed by atoms with Gasteiger partial charge in [-0.2, -0.15) is 26.3 Å². The van der Waals surface area contributed by atoms with Crippen LogP contribution in [0.25, 0.3) is 11.6 Å². The maximum absolute atomic E-state index is 13.9. The van der Waals surface area contributed by atoms with Crippen molar-refractivity contribution in [1.29, 1.82) is 0 Å². The molecule has 50 heavy (non-hydrogen) atoms. The SMILES string of the molecule is COCC1=C2[C@@H](CC/C(=C/c3cc(C)c(O)c(C)c3)c3ccccc3)OC[C@@H]2[C@@H]2C(=O)N(c3cc(C(F)(F)F)cc(C(F)(F)F)c3)C(=O)[C@@H]2C1. The van der Waals surface area contributed by atoms with Gasteiger partial charge in [0.15, 0.2) is 0 Å². The van der Waals surface area contributed by atoms with Crippen molar-refractivity contribution in [2.75, 3.05) is 25.2 Å². The Bertz CT molecular complexity index is 1830. The van der Waals surface area contributed by atoms with Crippen LogP contribution in [0.15, 0.2) is 71.8 Å². The molecule has 2 aliphatic heterocycles. The van der Waals surface area contributed by atoms with Crippen molar-refractivity contribution in [3.8, 4) is 5.75 Å². The topological polar surface area (TPSA) is 76.1 Å². The predicted octanol–water partition coefficient (Wildman–Crippen LogP) is 8.53. The van der Waals surface area contributed by atoms with E-state index in [-0.39, 0.29) is 31.5 Å². The third-order valence-electron chi connectivity index (χ3n) is 9.83. The van der Waals surface area contributed by atoms with Gasteiger partial charge in [0.25, 0.3) is 0 Å². The van der Waals surface area contributed by atoms with Crippen molar-refractivity contribution < 1.29 is 50.5 Å². The van der Waals surface area contributed by atoms with Crippen LogP contribution in [0.3, 0.4) is 0 Å². The largest absolute Gasteiger partial charge is 0.507 e. The predicted molar refractivity (Wildman–Crippen MR) is 174 cm³/mol. The van der Waals surface area contributed by atoms with E-state index in [1.54, 1.807) is 0 Å². The van der Waals surface area contributed by atoms with Gasteiger partial charge in [-0.15, -0.1) is 0 Å². The fourth-order valence-corrected chi connectivity index (χ4v) is 7.61. The smallest absolute Gasteiger partial charge is 0.416 e. The van der Waals surface area contributed by atoms with E-state index in [0.29, 0.717) is 29.9 Å². The van der Waals surface area contributed by atoms with Crippen molar-refractivity contribution in [2.45, 2.75) is 51.6 Å². The second-order valence-electron chi connectivity index (χ2n) is 13.1. The molecule has 3 aromatic carbocycles. The van der Waals surface area contributed by atoms with E-state index in [1.165, 1.54) is 7.11 Å². The number of halogens is 6. The Hall–Kier alpha value is -4.42. The van der Waals surface area contributed by atoms with Crippen LogP contribution in [0, 0.1) is 31.6 Å². The maximum Gasteiger partial charge on any atom is 0.416 e. The molecule has 6 rings (SSSR count). The monoisotopic (exact) mass is 699 g/mol. The van der Waals surface area contributed by atoms with Crippen LogP contribution in [-0.4, -0.2) is 43.3 Å². The number of benzene rings is 3. The van der Waals surface area contributed by atoms with Gasteiger partial charge >= 0.3 is 12.4 Å². The highest BCUT2D eigenvalue weighted by molar-refractivity contribution is 6.22. The third kappa shape index (κ3) is 6.70. The molecule has 0 saturated carbocycles. The van der Waals surface area contributed by atoms with Crippen molar-refractivity contribution in [3.05, 3.63) is 105 Å². The minimum Gasteiger partial charge on any atom is -0.507 e. The number of carbonyl (C=O) groups excluding carboxylic acids is 2. The number of ether oxygens (including phenoxy) is 2. The quantitative estimate of drug-likeness (QED) is 0.110. The summed E-state index contributed by atoms with van der Waals surface area (Å²) in [6, 6.07) is 14.3. The number of nitrogens with zero attached hydrogens (tertiary/aromatic N) is 1. The van der Waals surface area contributed by atoms with Gasteiger partial charge in [-0.05, 0) is 102 Å². The van der Waals surface area contributed by atoms with Gasteiger partial charge < -0.3 is 14.6 Å². The standard InChI is InChI=1S/C38H35F6NO5/c1-20-11-22(12-21(2)34(20)46)13-24(23-7-5-4-6-8-23)9-10-31-32-25(18-49-3)14-29-33(30(32)19-50-31)36(48)45(35(29)47)28-16-26(37(39,40)41)15-27(17-28)38(42,43)44/h4-8,11-13,15-17,29-31,33,46H,9-10,14,18-19H2,1-3H3/b24-13-/t29-,30+,31-,33-/m1/s1. The summed E-state index contributed by atoms with van der Waals surface area (Å²) in [6.07, 6.45) is -7.62. The molecule has 0 unspecified atom stereocenters. The van der Waals surface area contributed by atoms with Crippen LogP contribution in [0.4, 0.5) is 32.0 Å². The van der Waals surface area contributed by atoms with E-state index < -0.39 is 64.8 Å². The zero-order chi connectivity index (χ0) is 36.1. The molecule has 0 aromatic heterocycles. The first-order valence-corrected chi connectivity index (χ1v) is 16.1. The van der Waals surface area contributed by atoms with Gasteiger partial charge in [-0.1, -0.05) is 36.4 Å². The molecule has 1 aliphatic carbocycles. The lowest BCUT2D eigenvalue weighted by Gasteiger charge is -2.31. The number of alkyl halides is 6. The van der Waals surface area contributed by atoms with Gasteiger partial charge in [-0.25, -0.2) is 4.90 Å². The number of fused-ring (bicyclic) bond motifs is 3. The molecule has 2 fully saturated rings. The highest BCUT2D eigenvalue weighted by atomic mass is 19.4. The molecule has 6 nitrogen and oxygen atoms in total. The fourth-order valence-electron chi connectivity index (χ4n) is 7.61. The summed E-state index contributed by atoms with van der Waals surface area (Å²) in [5.41, 5.74) is 1.89. The molecule has 4 atom stereocenters.